The van der Waals surface area contributed by atoms with Gasteiger partial charge in [0.1, 0.15) is 5.75 Å². The van der Waals surface area contributed by atoms with Gasteiger partial charge in [0.05, 0.1) is 7.11 Å². The summed E-state index contributed by atoms with van der Waals surface area (Å²) in [4.78, 5) is 16.4. The van der Waals surface area contributed by atoms with E-state index >= 15 is 0 Å². The van der Waals surface area contributed by atoms with Crippen LogP contribution in [0.5, 0.6) is 5.75 Å². The van der Waals surface area contributed by atoms with Crippen LogP contribution in [0.25, 0.3) is 6.08 Å². The minimum atomic E-state index is -0.473. The van der Waals surface area contributed by atoms with Gasteiger partial charge in [0.2, 0.25) is 5.90 Å². The quantitative estimate of drug-likeness (QED) is 0.616. The number of rotatable bonds is 4. The van der Waals surface area contributed by atoms with E-state index in [1.807, 2.05) is 25.1 Å². The fraction of sp³-hybridized carbons (Fsp3) is 0.158. The van der Waals surface area contributed by atoms with E-state index in [-0.39, 0.29) is 11.6 Å². The second kappa shape index (κ2) is 6.89. The zero-order valence-electron chi connectivity index (χ0n) is 13.4. The van der Waals surface area contributed by atoms with E-state index < -0.39 is 5.97 Å². The summed E-state index contributed by atoms with van der Waals surface area (Å²) in [6.45, 7) is 2.05. The summed E-state index contributed by atoms with van der Waals surface area (Å²) in [7, 11) is 1.64. The molecule has 0 saturated heterocycles. The molecule has 0 aromatic heterocycles. The molecule has 1 aliphatic rings. The van der Waals surface area contributed by atoms with Crippen molar-refractivity contribution in [2.45, 2.75) is 13.3 Å². The molecular weight excluding hydrogens is 326 g/mol. The van der Waals surface area contributed by atoms with E-state index in [1.165, 1.54) is 0 Å². The van der Waals surface area contributed by atoms with Gasteiger partial charge >= 0.3 is 5.97 Å². The predicted molar refractivity (Wildman–Crippen MR) is 94.4 cm³/mol. The molecular formula is C19H16ClNO3. The van der Waals surface area contributed by atoms with Gasteiger partial charge in [-0.2, -0.15) is 0 Å². The van der Waals surface area contributed by atoms with Crippen molar-refractivity contribution in [3.63, 3.8) is 0 Å². The standard InChI is InChI=1S/C19H16ClNO3/c1-3-13-9-12(7-8-17(13)23-2)10-16-19(22)24-18(21-16)14-5-4-6-15(20)11-14/h4-11H,3H2,1-2H3/b16-10+. The van der Waals surface area contributed by atoms with Crippen LogP contribution in [0.1, 0.15) is 23.6 Å². The number of aliphatic imine (C=N–C) groups is 1. The number of ether oxygens (including phenoxy) is 2. The van der Waals surface area contributed by atoms with Gasteiger partial charge in [-0.05, 0) is 54.0 Å². The number of nitrogens with zero attached hydrogens (tertiary/aromatic N) is 1. The number of halogens is 1. The van der Waals surface area contributed by atoms with Gasteiger partial charge in [0.25, 0.3) is 0 Å². The second-order valence-corrected chi connectivity index (χ2v) is 5.71. The minimum absolute atomic E-state index is 0.261. The Bertz CT molecular complexity index is 855. The van der Waals surface area contributed by atoms with E-state index in [2.05, 4.69) is 4.99 Å². The first kappa shape index (κ1) is 16.3. The van der Waals surface area contributed by atoms with Gasteiger partial charge in [-0.15, -0.1) is 0 Å². The first-order chi connectivity index (χ1) is 11.6. The van der Waals surface area contributed by atoms with Gasteiger partial charge in [-0.25, -0.2) is 9.79 Å². The minimum Gasteiger partial charge on any atom is -0.496 e. The highest BCUT2D eigenvalue weighted by Gasteiger charge is 2.24. The third-order valence-electron chi connectivity index (χ3n) is 3.68. The van der Waals surface area contributed by atoms with Crippen LogP contribution < -0.4 is 4.74 Å². The summed E-state index contributed by atoms with van der Waals surface area (Å²) in [5.41, 5.74) is 2.87. The largest absolute Gasteiger partial charge is 0.496 e. The molecule has 0 spiro atoms. The summed E-state index contributed by atoms with van der Waals surface area (Å²) in [6, 6.07) is 12.8. The number of aryl methyl sites for hydroxylation is 1. The molecule has 0 bridgehead atoms. The van der Waals surface area contributed by atoms with Crippen molar-refractivity contribution in [2.24, 2.45) is 4.99 Å². The average molecular weight is 342 g/mol. The second-order valence-electron chi connectivity index (χ2n) is 5.27. The summed E-state index contributed by atoms with van der Waals surface area (Å²) >= 11 is 5.97. The van der Waals surface area contributed by atoms with Crippen molar-refractivity contribution in [1.82, 2.24) is 0 Å². The molecule has 0 unspecified atom stereocenters. The molecule has 0 radical (unpaired) electrons. The lowest BCUT2D eigenvalue weighted by Gasteiger charge is -2.07. The predicted octanol–water partition coefficient (Wildman–Crippen LogP) is 4.26. The Kier molecular flexibility index (Phi) is 4.67. The summed E-state index contributed by atoms with van der Waals surface area (Å²) in [6.07, 6.45) is 2.54. The maximum atomic E-state index is 12.1. The first-order valence-electron chi connectivity index (χ1n) is 7.56. The molecule has 24 heavy (non-hydrogen) atoms. The fourth-order valence-electron chi connectivity index (χ4n) is 2.48. The number of hydrogen-bond donors (Lipinski definition) is 0. The molecule has 0 aliphatic carbocycles. The van der Waals surface area contributed by atoms with E-state index in [4.69, 9.17) is 21.1 Å². The van der Waals surface area contributed by atoms with Crippen LogP contribution in [0, 0.1) is 0 Å². The van der Waals surface area contributed by atoms with Gasteiger partial charge in [-0.3, -0.25) is 0 Å². The molecule has 4 nitrogen and oxygen atoms in total. The monoisotopic (exact) mass is 341 g/mol. The highest BCUT2D eigenvalue weighted by atomic mass is 35.5. The lowest BCUT2D eigenvalue weighted by molar-refractivity contribution is -0.129. The molecule has 3 rings (SSSR count). The summed E-state index contributed by atoms with van der Waals surface area (Å²) in [5.74, 6) is 0.619. The van der Waals surface area contributed by atoms with Crippen LogP contribution in [0.2, 0.25) is 5.02 Å². The number of methoxy groups -OCH3 is 1. The summed E-state index contributed by atoms with van der Waals surface area (Å²) in [5, 5.41) is 0.562. The van der Waals surface area contributed by atoms with E-state index in [9.17, 15) is 4.79 Å². The molecule has 122 valence electrons. The molecule has 5 heteroatoms. The number of benzene rings is 2. The van der Waals surface area contributed by atoms with Crippen LogP contribution in [-0.4, -0.2) is 19.0 Å². The normalized spacial score (nSPS) is 15.4. The van der Waals surface area contributed by atoms with Gasteiger partial charge in [0.15, 0.2) is 5.70 Å². The number of carbonyl (C=O) groups is 1. The topological polar surface area (TPSA) is 47.9 Å². The van der Waals surface area contributed by atoms with Crippen LogP contribution >= 0.6 is 11.6 Å². The van der Waals surface area contributed by atoms with Crippen LogP contribution in [0.15, 0.2) is 53.2 Å². The molecule has 2 aromatic rings. The molecule has 0 N–H and O–H groups in total. The smallest absolute Gasteiger partial charge is 0.363 e. The van der Waals surface area contributed by atoms with Crippen LogP contribution in [0.3, 0.4) is 0 Å². The lowest BCUT2D eigenvalue weighted by Crippen LogP contribution is -2.05. The van der Waals surface area contributed by atoms with Gasteiger partial charge in [0, 0.05) is 10.6 Å². The molecule has 1 heterocycles. The zero-order valence-corrected chi connectivity index (χ0v) is 14.1. The van der Waals surface area contributed by atoms with Crippen molar-refractivity contribution in [3.05, 3.63) is 69.9 Å². The zero-order chi connectivity index (χ0) is 17.1. The molecule has 0 amide bonds. The van der Waals surface area contributed by atoms with Crippen molar-refractivity contribution in [2.75, 3.05) is 7.11 Å². The molecule has 2 aromatic carbocycles. The Balaban J connectivity index is 1.94. The van der Waals surface area contributed by atoms with Crippen LogP contribution in [-0.2, 0) is 16.0 Å². The van der Waals surface area contributed by atoms with Crippen molar-refractivity contribution in [1.29, 1.82) is 0 Å². The van der Waals surface area contributed by atoms with E-state index in [0.29, 0.717) is 10.6 Å². The molecule has 0 fully saturated rings. The Labute approximate surface area is 145 Å². The lowest BCUT2D eigenvalue weighted by atomic mass is 10.1. The van der Waals surface area contributed by atoms with E-state index in [1.54, 1.807) is 37.5 Å². The fourth-order valence-corrected chi connectivity index (χ4v) is 2.67. The summed E-state index contributed by atoms with van der Waals surface area (Å²) < 4.78 is 10.6. The maximum Gasteiger partial charge on any atom is 0.363 e. The molecule has 1 aliphatic heterocycles. The maximum absolute atomic E-state index is 12.1. The van der Waals surface area contributed by atoms with Crippen molar-refractivity contribution in [3.8, 4) is 5.75 Å². The number of hydrogen-bond acceptors (Lipinski definition) is 4. The first-order valence-corrected chi connectivity index (χ1v) is 7.94. The number of cyclic esters (lactones) is 1. The van der Waals surface area contributed by atoms with Crippen LogP contribution in [0.4, 0.5) is 0 Å². The van der Waals surface area contributed by atoms with Gasteiger partial charge < -0.3 is 9.47 Å². The molecule has 0 saturated carbocycles. The Morgan fingerprint density at radius 1 is 1.25 bits per heavy atom. The van der Waals surface area contributed by atoms with Crippen molar-refractivity contribution >= 4 is 29.5 Å². The van der Waals surface area contributed by atoms with Gasteiger partial charge in [-0.1, -0.05) is 30.7 Å². The number of esters is 1. The van der Waals surface area contributed by atoms with Crippen molar-refractivity contribution < 1.29 is 14.3 Å². The third kappa shape index (κ3) is 3.34. The van der Waals surface area contributed by atoms with E-state index in [0.717, 1.165) is 23.3 Å². The Morgan fingerprint density at radius 2 is 2.08 bits per heavy atom. The Morgan fingerprint density at radius 3 is 2.79 bits per heavy atom. The third-order valence-corrected chi connectivity index (χ3v) is 3.92. The highest BCUT2D eigenvalue weighted by molar-refractivity contribution is 6.31. The SMILES string of the molecule is CCc1cc(/C=C2/N=C(c3cccc(Cl)c3)OC2=O)ccc1OC. The average Bonchev–Trinajstić information content (AvgIpc) is 2.95. The number of carbonyl (C=O) groups excluding carboxylic acids is 1. The Hall–Kier alpha value is -2.59. The molecule has 0 atom stereocenters. The highest BCUT2D eigenvalue weighted by Crippen LogP contribution is 2.24.